The van der Waals surface area contributed by atoms with Crippen LogP contribution in [0.15, 0.2) is 12.1 Å². The summed E-state index contributed by atoms with van der Waals surface area (Å²) in [5, 5.41) is 25.9. The fraction of sp³-hybridized carbons (Fsp3) is 0. The molecule has 1 aromatic heterocycles. The lowest BCUT2D eigenvalue weighted by molar-refractivity contribution is 0.427. The predicted octanol–water partition coefficient (Wildman–Crippen LogP) is -1.67. The molecule has 1 rings (SSSR count). The van der Waals surface area contributed by atoms with Gasteiger partial charge in [0.2, 0.25) is 0 Å². The molecule has 0 aliphatic carbocycles. The van der Waals surface area contributed by atoms with Crippen LogP contribution in [0, 0.1) is 0 Å². The Morgan fingerprint density at radius 2 is 2.18 bits per heavy atom. The Kier molecular flexibility index (Phi) is 2.95. The molecule has 1 radical (unpaired) electrons. The maximum atomic E-state index is 8.64. The lowest BCUT2D eigenvalue weighted by atomic mass is 9.90. The summed E-state index contributed by atoms with van der Waals surface area (Å²) in [6, 6.07) is 3.04. The van der Waals surface area contributed by atoms with Gasteiger partial charge in [-0.25, -0.2) is 0 Å². The molecule has 0 saturated carbocycles. The third kappa shape index (κ3) is 2.23. The third-order valence-electron chi connectivity index (χ3n) is 1.03. The molecule has 0 aliphatic heterocycles. The third-order valence-corrected chi connectivity index (χ3v) is 2.04. The second kappa shape index (κ2) is 3.77. The van der Waals surface area contributed by atoms with Gasteiger partial charge in [-0.05, 0) is 12.1 Å². The van der Waals surface area contributed by atoms with Crippen molar-refractivity contribution in [3.63, 3.8) is 0 Å². The summed E-state index contributed by atoms with van der Waals surface area (Å²) in [6.07, 6.45) is 0. The molecule has 0 aromatic carbocycles. The van der Waals surface area contributed by atoms with Crippen LogP contribution in [0.1, 0.15) is 0 Å². The Morgan fingerprint density at radius 3 is 2.64 bits per heavy atom. The minimum Gasteiger partial charge on any atom is -0.530 e. The van der Waals surface area contributed by atoms with Crippen LogP contribution >= 0.6 is 11.3 Å². The van der Waals surface area contributed by atoms with E-state index in [1.54, 1.807) is 0 Å². The first-order valence-corrected chi connectivity index (χ1v) is 3.64. The van der Waals surface area contributed by atoms with Crippen LogP contribution in [0.3, 0.4) is 0 Å². The standard InChI is InChI=1S/C4H5B2O4S/c7-5-10-4-2-1-3(11-4)6(8)9/h1-2,7-9H. The van der Waals surface area contributed by atoms with Crippen LogP contribution in [0.25, 0.3) is 0 Å². The summed E-state index contributed by atoms with van der Waals surface area (Å²) < 4.78 is 4.94. The second-order valence-electron chi connectivity index (χ2n) is 1.75. The molecule has 0 atom stereocenters. The summed E-state index contributed by atoms with van der Waals surface area (Å²) in [6.45, 7) is 0. The van der Waals surface area contributed by atoms with E-state index in [9.17, 15) is 0 Å². The van der Waals surface area contributed by atoms with E-state index in [-0.39, 0.29) is 0 Å². The van der Waals surface area contributed by atoms with Crippen molar-refractivity contribution in [3.8, 4) is 5.06 Å². The normalized spacial score (nSPS) is 9.36. The average molecular weight is 171 g/mol. The predicted molar refractivity (Wildman–Crippen MR) is 42.7 cm³/mol. The lowest BCUT2D eigenvalue weighted by Crippen LogP contribution is -2.26. The summed E-state index contributed by atoms with van der Waals surface area (Å²) in [7, 11) is -0.935. The smallest absolute Gasteiger partial charge is 0.530 e. The number of rotatable bonds is 3. The Balaban J connectivity index is 2.66. The van der Waals surface area contributed by atoms with Gasteiger partial charge in [0.1, 0.15) is 0 Å². The van der Waals surface area contributed by atoms with Crippen LogP contribution < -0.4 is 9.43 Å². The van der Waals surface area contributed by atoms with Crippen LogP contribution in [0.2, 0.25) is 0 Å². The maximum Gasteiger partial charge on any atom is 0.569 e. The molecule has 1 aromatic rings. The van der Waals surface area contributed by atoms with Gasteiger partial charge in [0.05, 0.1) is 0 Å². The van der Waals surface area contributed by atoms with Gasteiger partial charge in [0.25, 0.3) is 0 Å². The van der Waals surface area contributed by atoms with Gasteiger partial charge < -0.3 is 19.7 Å². The van der Waals surface area contributed by atoms with Crippen LogP contribution in [0.4, 0.5) is 0 Å². The zero-order chi connectivity index (χ0) is 8.27. The fourth-order valence-electron chi connectivity index (χ4n) is 0.588. The zero-order valence-corrected chi connectivity index (χ0v) is 6.28. The molecular weight excluding hydrogens is 166 g/mol. The quantitative estimate of drug-likeness (QED) is 0.475. The van der Waals surface area contributed by atoms with Gasteiger partial charge >= 0.3 is 14.8 Å². The maximum absolute atomic E-state index is 8.64. The van der Waals surface area contributed by atoms with E-state index >= 15 is 0 Å². The number of thiophene rings is 1. The molecule has 0 fully saturated rings. The largest absolute Gasteiger partial charge is 0.569 e. The minimum absolute atomic E-state index is 0.377. The number of hydrogen-bond donors (Lipinski definition) is 3. The molecular formula is C4H5B2O4S. The summed E-state index contributed by atoms with van der Waals surface area (Å²) in [5.41, 5.74) is 0. The first-order valence-electron chi connectivity index (χ1n) is 2.82. The molecule has 57 valence electrons. The van der Waals surface area contributed by atoms with Crippen molar-refractivity contribution in [2.45, 2.75) is 0 Å². The number of hydrogen-bond acceptors (Lipinski definition) is 5. The highest BCUT2D eigenvalue weighted by Gasteiger charge is 2.13. The molecule has 4 nitrogen and oxygen atoms in total. The van der Waals surface area contributed by atoms with Crippen LogP contribution in [0.5, 0.6) is 5.06 Å². The molecule has 1 heterocycles. The molecule has 0 amide bonds. The van der Waals surface area contributed by atoms with E-state index in [0.717, 1.165) is 11.3 Å². The molecule has 0 bridgehead atoms. The molecule has 11 heavy (non-hydrogen) atoms. The molecule has 3 N–H and O–H groups in total. The van der Waals surface area contributed by atoms with E-state index in [4.69, 9.17) is 15.1 Å². The van der Waals surface area contributed by atoms with Crippen molar-refractivity contribution in [3.05, 3.63) is 12.1 Å². The van der Waals surface area contributed by atoms with Gasteiger partial charge in [-0.15, -0.1) is 11.3 Å². The van der Waals surface area contributed by atoms with E-state index in [2.05, 4.69) is 4.65 Å². The first kappa shape index (κ1) is 8.61. The van der Waals surface area contributed by atoms with Crippen molar-refractivity contribution in [1.82, 2.24) is 0 Å². The van der Waals surface area contributed by atoms with E-state index in [1.807, 2.05) is 0 Å². The molecule has 0 aliphatic rings. The SMILES string of the molecule is O[B]Oc1ccc(B(O)O)s1. The first-order chi connectivity index (χ1) is 5.24. The van der Waals surface area contributed by atoms with E-state index in [1.165, 1.54) is 12.1 Å². The van der Waals surface area contributed by atoms with Crippen molar-refractivity contribution in [2.75, 3.05) is 0 Å². The monoisotopic (exact) mass is 171 g/mol. The summed E-state index contributed by atoms with van der Waals surface area (Å²) in [5.74, 6) is 0. The minimum atomic E-state index is -1.48. The van der Waals surface area contributed by atoms with Gasteiger partial charge in [0.15, 0.2) is 5.06 Å². The van der Waals surface area contributed by atoms with Gasteiger partial charge in [0, 0.05) is 4.78 Å². The Morgan fingerprint density at radius 1 is 1.45 bits per heavy atom. The topological polar surface area (TPSA) is 69.9 Å². The molecule has 0 spiro atoms. The highest BCUT2D eigenvalue weighted by molar-refractivity contribution is 7.23. The molecule has 0 saturated heterocycles. The molecule has 7 heteroatoms. The Bertz CT molecular complexity index is 226. The van der Waals surface area contributed by atoms with Crippen molar-refractivity contribution in [2.24, 2.45) is 0 Å². The van der Waals surface area contributed by atoms with Crippen LogP contribution in [-0.4, -0.2) is 29.9 Å². The fourth-order valence-corrected chi connectivity index (χ4v) is 1.29. The van der Waals surface area contributed by atoms with Crippen molar-refractivity contribution >= 4 is 30.9 Å². The highest BCUT2D eigenvalue weighted by atomic mass is 32.1. The van der Waals surface area contributed by atoms with Gasteiger partial charge in [-0.3, -0.25) is 0 Å². The van der Waals surface area contributed by atoms with Crippen LogP contribution in [-0.2, 0) is 0 Å². The van der Waals surface area contributed by atoms with E-state index < -0.39 is 7.12 Å². The average Bonchev–Trinajstić information content (AvgIpc) is 2.37. The van der Waals surface area contributed by atoms with Gasteiger partial charge in [-0.1, -0.05) is 0 Å². The summed E-state index contributed by atoms with van der Waals surface area (Å²) >= 11 is 1.05. The zero-order valence-electron chi connectivity index (χ0n) is 5.47. The summed E-state index contributed by atoms with van der Waals surface area (Å²) in [4.78, 5) is 0. The van der Waals surface area contributed by atoms with E-state index in [0.29, 0.717) is 17.5 Å². The Hall–Kier alpha value is -0.490. The second-order valence-corrected chi connectivity index (χ2v) is 2.83. The van der Waals surface area contributed by atoms with Crippen molar-refractivity contribution < 1.29 is 19.7 Å². The Labute approximate surface area is 68.5 Å². The lowest BCUT2D eigenvalue weighted by Gasteiger charge is -1.93. The molecule has 0 unspecified atom stereocenters. The van der Waals surface area contributed by atoms with Gasteiger partial charge in [-0.2, -0.15) is 0 Å². The van der Waals surface area contributed by atoms with Crippen molar-refractivity contribution in [1.29, 1.82) is 0 Å². The highest BCUT2D eigenvalue weighted by Crippen LogP contribution is 2.15.